The summed E-state index contributed by atoms with van der Waals surface area (Å²) < 4.78 is 47.9. The third-order valence-corrected chi connectivity index (χ3v) is 7.77. The molecule has 0 aliphatic rings. The number of ether oxygens (including phenoxy) is 9. The van der Waals surface area contributed by atoms with Crippen LogP contribution in [0.15, 0.2) is 53.5 Å². The van der Waals surface area contributed by atoms with Crippen LogP contribution in [-0.4, -0.2) is 158 Å². The largest absolute Gasteiger partial charge is 0.481 e. The van der Waals surface area contributed by atoms with Gasteiger partial charge in [0.15, 0.2) is 0 Å². The molecule has 0 saturated heterocycles. The van der Waals surface area contributed by atoms with E-state index in [1.54, 1.807) is 41.5 Å². The van der Waals surface area contributed by atoms with E-state index in [0.717, 1.165) is 4.90 Å². The van der Waals surface area contributed by atoms with Crippen LogP contribution >= 0.6 is 0 Å². The summed E-state index contributed by atoms with van der Waals surface area (Å²) in [5.74, 6) is -4.85. The highest BCUT2D eigenvalue weighted by atomic mass is 16.6. The van der Waals surface area contributed by atoms with E-state index in [9.17, 15) is 43.8 Å². The zero-order valence-corrected chi connectivity index (χ0v) is 37.9. The first-order valence-corrected chi connectivity index (χ1v) is 20.6. The van der Waals surface area contributed by atoms with E-state index in [0.29, 0.717) is 25.4 Å². The number of carbonyl (C=O) groups excluding carboxylic acids is 4. The van der Waals surface area contributed by atoms with E-state index >= 15 is 0 Å². The number of nitrogens with one attached hydrogen (secondary N) is 2. The number of carboxylic acid groups (broad SMARTS) is 3. The number of amides is 3. The van der Waals surface area contributed by atoms with Crippen molar-refractivity contribution >= 4 is 53.8 Å². The molecular weight excluding hydrogens is 876 g/mol. The van der Waals surface area contributed by atoms with Crippen LogP contribution in [0, 0.1) is 0 Å². The third kappa shape index (κ3) is 25.8. The molecule has 0 aliphatic carbocycles. The van der Waals surface area contributed by atoms with Gasteiger partial charge >= 0.3 is 42.2 Å². The Morgan fingerprint density at radius 2 is 1.09 bits per heavy atom. The summed E-state index contributed by atoms with van der Waals surface area (Å²) in [5.41, 5.74) is -0.891. The molecule has 1 atom stereocenters. The van der Waals surface area contributed by atoms with Crippen molar-refractivity contribution < 1.29 is 91.5 Å². The molecule has 0 spiro atoms. The first-order valence-electron chi connectivity index (χ1n) is 20.6. The number of aliphatic imine (C=N–C) groups is 1. The van der Waals surface area contributed by atoms with E-state index in [-0.39, 0.29) is 88.8 Å². The van der Waals surface area contributed by atoms with Gasteiger partial charge in [0.25, 0.3) is 0 Å². The SMILES string of the molecule is CC(C)(C)OC(=O)NC(=Nc1ccc(C(=O)Oc2ccc(COC(=O)N(CCOCCOCCOCCOCCOCCC(=O)O)C(CC(=O)O)C(=O)O)cc2)cc1)NC(=O)OC(C)(C)C. The first-order chi connectivity index (χ1) is 31.1. The highest BCUT2D eigenvalue weighted by Gasteiger charge is 2.33. The predicted octanol–water partition coefficient (Wildman–Crippen LogP) is 4.37. The van der Waals surface area contributed by atoms with Crippen LogP contribution in [0.2, 0.25) is 0 Å². The Kier molecular flexibility index (Phi) is 24.7. The molecule has 3 amide bonds. The van der Waals surface area contributed by atoms with Gasteiger partial charge in [0.2, 0.25) is 5.96 Å². The summed E-state index contributed by atoms with van der Waals surface area (Å²) in [5, 5.41) is 32.3. The van der Waals surface area contributed by atoms with Gasteiger partial charge in [-0.05, 0) is 83.5 Å². The molecule has 0 bridgehead atoms. The second kappa shape index (κ2) is 29.2. The molecular formula is C43H60N4O19. The molecule has 2 aromatic rings. The fourth-order valence-electron chi connectivity index (χ4n) is 4.91. The number of esters is 1. The lowest BCUT2D eigenvalue weighted by molar-refractivity contribution is -0.149. The minimum Gasteiger partial charge on any atom is -0.481 e. The van der Waals surface area contributed by atoms with Crippen LogP contribution in [0.1, 0.15) is 70.3 Å². The van der Waals surface area contributed by atoms with Crippen LogP contribution in [0.4, 0.5) is 20.1 Å². The minimum absolute atomic E-state index is 0.0758. The average Bonchev–Trinajstić information content (AvgIpc) is 3.20. The maximum absolute atomic E-state index is 13.1. The molecule has 23 nitrogen and oxygen atoms in total. The molecule has 0 heterocycles. The molecule has 0 saturated carbocycles. The van der Waals surface area contributed by atoms with Crippen LogP contribution in [-0.2, 0) is 58.9 Å². The van der Waals surface area contributed by atoms with Crippen LogP contribution in [0.25, 0.3) is 0 Å². The summed E-state index contributed by atoms with van der Waals surface area (Å²) in [7, 11) is 0. The highest BCUT2D eigenvalue weighted by molar-refractivity contribution is 6.02. The number of hydrogen-bond donors (Lipinski definition) is 5. The molecule has 0 aliphatic heterocycles. The fraction of sp³-hybridized carbons (Fsp3) is 0.535. The number of benzene rings is 2. The Morgan fingerprint density at radius 3 is 1.53 bits per heavy atom. The number of carboxylic acids is 3. The van der Waals surface area contributed by atoms with Crippen molar-refractivity contribution in [2.75, 3.05) is 72.6 Å². The van der Waals surface area contributed by atoms with Crippen LogP contribution in [0.3, 0.4) is 0 Å². The third-order valence-electron chi connectivity index (χ3n) is 7.77. The maximum atomic E-state index is 13.1. The lowest BCUT2D eigenvalue weighted by Crippen LogP contribution is -2.48. The van der Waals surface area contributed by atoms with Gasteiger partial charge in [-0.3, -0.25) is 25.1 Å². The van der Waals surface area contributed by atoms with Gasteiger partial charge in [0.05, 0.1) is 90.2 Å². The van der Waals surface area contributed by atoms with E-state index in [1.807, 2.05) is 0 Å². The zero-order chi connectivity index (χ0) is 49.1. The van der Waals surface area contributed by atoms with Gasteiger partial charge in [-0.15, -0.1) is 0 Å². The number of rotatable bonds is 27. The normalized spacial score (nSPS) is 11.7. The molecule has 5 N–H and O–H groups in total. The molecule has 66 heavy (non-hydrogen) atoms. The Hall–Kier alpha value is -6.40. The van der Waals surface area contributed by atoms with Crippen LogP contribution in [0.5, 0.6) is 5.75 Å². The Balaban J connectivity index is 1.88. The second-order valence-corrected chi connectivity index (χ2v) is 15.7. The van der Waals surface area contributed by atoms with E-state index in [1.165, 1.54) is 48.5 Å². The first kappa shape index (κ1) is 55.7. The number of nitrogens with zero attached hydrogens (tertiary/aromatic N) is 2. The van der Waals surface area contributed by atoms with Crippen molar-refractivity contribution in [1.29, 1.82) is 0 Å². The summed E-state index contributed by atoms with van der Waals surface area (Å²) in [6.07, 6.45) is -3.85. The number of aliphatic carboxylic acids is 3. The van der Waals surface area contributed by atoms with Gasteiger partial charge < -0.3 is 58.0 Å². The second-order valence-electron chi connectivity index (χ2n) is 15.7. The van der Waals surface area contributed by atoms with Crippen molar-refractivity contribution in [2.24, 2.45) is 4.99 Å². The fourth-order valence-corrected chi connectivity index (χ4v) is 4.91. The van der Waals surface area contributed by atoms with Crippen LogP contribution < -0.4 is 15.4 Å². The van der Waals surface area contributed by atoms with Gasteiger partial charge in [-0.25, -0.2) is 29.0 Å². The summed E-state index contributed by atoms with van der Waals surface area (Å²) >= 11 is 0. The van der Waals surface area contributed by atoms with Crippen molar-refractivity contribution in [1.82, 2.24) is 15.5 Å². The van der Waals surface area contributed by atoms with Gasteiger partial charge in [0, 0.05) is 6.54 Å². The van der Waals surface area contributed by atoms with Crippen molar-refractivity contribution in [3.63, 3.8) is 0 Å². The molecule has 2 aromatic carbocycles. The molecule has 23 heteroatoms. The summed E-state index contributed by atoms with van der Waals surface area (Å²) in [6.45, 7) is 11.2. The van der Waals surface area contributed by atoms with Crippen molar-refractivity contribution in [2.45, 2.75) is 78.2 Å². The molecule has 0 aromatic heterocycles. The van der Waals surface area contributed by atoms with Crippen molar-refractivity contribution in [3.8, 4) is 5.75 Å². The van der Waals surface area contributed by atoms with Gasteiger partial charge in [0.1, 0.15) is 29.6 Å². The van der Waals surface area contributed by atoms with Gasteiger partial charge in [-0.2, -0.15) is 0 Å². The number of alkyl carbamates (subject to hydrolysis) is 2. The summed E-state index contributed by atoms with van der Waals surface area (Å²) in [4.78, 5) is 89.7. The lowest BCUT2D eigenvalue weighted by atomic mass is 10.2. The average molecular weight is 937 g/mol. The molecule has 1 unspecified atom stereocenters. The molecule has 2 rings (SSSR count). The topological polar surface area (TPSA) is 303 Å². The van der Waals surface area contributed by atoms with E-state index < -0.39 is 65.8 Å². The quantitative estimate of drug-likeness (QED) is 0.0207. The lowest BCUT2D eigenvalue weighted by Gasteiger charge is -2.27. The number of hydrogen-bond acceptors (Lipinski definition) is 17. The molecule has 366 valence electrons. The van der Waals surface area contributed by atoms with Crippen molar-refractivity contribution in [3.05, 3.63) is 59.7 Å². The maximum Gasteiger partial charge on any atom is 0.414 e. The number of guanidine groups is 1. The van der Waals surface area contributed by atoms with E-state index in [2.05, 4.69) is 15.6 Å². The Morgan fingerprint density at radius 1 is 0.621 bits per heavy atom. The molecule has 0 fully saturated rings. The monoisotopic (exact) mass is 936 g/mol. The zero-order valence-electron chi connectivity index (χ0n) is 37.9. The van der Waals surface area contributed by atoms with Gasteiger partial charge in [-0.1, -0.05) is 12.1 Å². The minimum atomic E-state index is -1.76. The molecule has 0 radical (unpaired) electrons. The highest BCUT2D eigenvalue weighted by Crippen LogP contribution is 2.19. The Bertz CT molecular complexity index is 1860. The standard InChI is InChI=1S/C43H60N4O19/c1-42(2,3)65-39(55)45-38(46-40(56)66-43(4,5)6)44-31-11-9-30(10-12-31)37(54)64-32-13-7-29(8-14-32)28-63-41(57)47(33(36(52)53)27-35(50)51)16-18-59-20-22-61-24-26-62-25-23-60-21-19-58-17-15-34(48)49/h7-14,33H,15-28H2,1-6H3,(H,48,49)(H,50,51)(H,52,53)(H2,44,45,46,55,56). The Labute approximate surface area is 381 Å². The van der Waals surface area contributed by atoms with E-state index in [4.69, 9.17) is 47.7 Å². The smallest absolute Gasteiger partial charge is 0.414 e. The summed E-state index contributed by atoms with van der Waals surface area (Å²) in [6, 6.07) is 9.78. The predicted molar refractivity (Wildman–Crippen MR) is 231 cm³/mol. The number of carbonyl (C=O) groups is 7.